The number of hydrogen-bond acceptors (Lipinski definition) is 6. The van der Waals surface area contributed by atoms with Crippen molar-refractivity contribution in [3.8, 4) is 16.5 Å². The highest BCUT2D eigenvalue weighted by molar-refractivity contribution is 7.13. The topological polar surface area (TPSA) is 58.8 Å². The van der Waals surface area contributed by atoms with Crippen LogP contribution >= 0.6 is 11.3 Å². The molecule has 0 unspecified atom stereocenters. The van der Waals surface area contributed by atoms with Gasteiger partial charge in [-0.15, -0.1) is 11.3 Å². The molecule has 1 aliphatic rings. The second-order valence-electron chi connectivity index (χ2n) is 6.66. The molecular weight excluding hydrogens is 374 g/mol. The summed E-state index contributed by atoms with van der Waals surface area (Å²) < 4.78 is 10.8. The Kier molecular flexibility index (Phi) is 5.73. The van der Waals surface area contributed by atoms with Gasteiger partial charge in [-0.05, 0) is 36.8 Å². The second-order valence-corrected chi connectivity index (χ2v) is 7.52. The standard InChI is InChI=1S/C21H23N3O3S/c1-2-26-17-7-5-16(6-8-17)14-23-9-11-24(12-10-23)21(25)18-15-28-20(22-18)19-4-3-13-27-19/h3-8,13,15H,2,9-12,14H2,1H3. The van der Waals surface area contributed by atoms with Crippen LogP contribution < -0.4 is 4.74 Å². The number of ether oxygens (including phenoxy) is 1. The first-order chi connectivity index (χ1) is 13.7. The molecule has 6 nitrogen and oxygen atoms in total. The van der Waals surface area contributed by atoms with Crippen LogP contribution in [0.15, 0.2) is 52.5 Å². The van der Waals surface area contributed by atoms with Crippen LogP contribution in [0.1, 0.15) is 23.0 Å². The first-order valence-corrected chi connectivity index (χ1v) is 10.3. The Morgan fingerprint density at radius 1 is 1.18 bits per heavy atom. The summed E-state index contributed by atoms with van der Waals surface area (Å²) in [5.74, 6) is 1.60. The minimum Gasteiger partial charge on any atom is -0.494 e. The van der Waals surface area contributed by atoms with Crippen LogP contribution in [0.5, 0.6) is 5.75 Å². The summed E-state index contributed by atoms with van der Waals surface area (Å²) in [5.41, 5.74) is 1.75. The van der Waals surface area contributed by atoms with Gasteiger partial charge in [0, 0.05) is 38.1 Å². The van der Waals surface area contributed by atoms with Crippen molar-refractivity contribution >= 4 is 17.2 Å². The van der Waals surface area contributed by atoms with Crippen LogP contribution in [0.2, 0.25) is 0 Å². The number of hydrogen-bond donors (Lipinski definition) is 0. The maximum atomic E-state index is 12.8. The summed E-state index contributed by atoms with van der Waals surface area (Å²) >= 11 is 1.43. The van der Waals surface area contributed by atoms with E-state index < -0.39 is 0 Å². The molecule has 0 radical (unpaired) electrons. The molecule has 1 aromatic carbocycles. The molecule has 4 rings (SSSR count). The normalized spacial score (nSPS) is 15.0. The number of carbonyl (C=O) groups is 1. The van der Waals surface area contributed by atoms with Crippen molar-refractivity contribution in [3.63, 3.8) is 0 Å². The van der Waals surface area contributed by atoms with E-state index >= 15 is 0 Å². The van der Waals surface area contributed by atoms with E-state index in [-0.39, 0.29) is 5.91 Å². The van der Waals surface area contributed by atoms with Gasteiger partial charge in [0.05, 0.1) is 12.9 Å². The molecule has 0 atom stereocenters. The molecule has 1 saturated heterocycles. The molecule has 1 amide bonds. The summed E-state index contributed by atoms with van der Waals surface area (Å²) in [5, 5.41) is 2.55. The number of nitrogens with zero attached hydrogens (tertiary/aromatic N) is 3. The highest BCUT2D eigenvalue weighted by Crippen LogP contribution is 2.25. The van der Waals surface area contributed by atoms with Crippen LogP contribution in [0.3, 0.4) is 0 Å². The van der Waals surface area contributed by atoms with Gasteiger partial charge in [0.2, 0.25) is 0 Å². The Hall–Kier alpha value is -2.64. The van der Waals surface area contributed by atoms with Crippen molar-refractivity contribution in [1.82, 2.24) is 14.8 Å². The fourth-order valence-electron chi connectivity index (χ4n) is 3.27. The molecule has 146 valence electrons. The van der Waals surface area contributed by atoms with Crippen molar-refractivity contribution in [2.45, 2.75) is 13.5 Å². The number of amides is 1. The lowest BCUT2D eigenvalue weighted by Crippen LogP contribution is -2.48. The van der Waals surface area contributed by atoms with Gasteiger partial charge < -0.3 is 14.1 Å². The first-order valence-electron chi connectivity index (χ1n) is 9.45. The number of thiazole rings is 1. The van der Waals surface area contributed by atoms with E-state index in [4.69, 9.17) is 9.15 Å². The molecule has 7 heteroatoms. The van der Waals surface area contributed by atoms with E-state index in [1.807, 2.05) is 41.5 Å². The lowest BCUT2D eigenvalue weighted by Gasteiger charge is -2.34. The van der Waals surface area contributed by atoms with Crippen molar-refractivity contribution in [3.05, 3.63) is 59.3 Å². The predicted molar refractivity (Wildman–Crippen MR) is 109 cm³/mol. The molecule has 0 saturated carbocycles. The number of piperazine rings is 1. The summed E-state index contributed by atoms with van der Waals surface area (Å²) in [6.07, 6.45) is 1.61. The quantitative estimate of drug-likeness (QED) is 0.634. The summed E-state index contributed by atoms with van der Waals surface area (Å²) in [4.78, 5) is 21.5. The Morgan fingerprint density at radius 3 is 2.64 bits per heavy atom. The lowest BCUT2D eigenvalue weighted by molar-refractivity contribution is 0.0623. The van der Waals surface area contributed by atoms with Gasteiger partial charge in [0.25, 0.3) is 5.91 Å². The fraction of sp³-hybridized carbons (Fsp3) is 0.333. The third-order valence-corrected chi connectivity index (χ3v) is 5.61. The average Bonchev–Trinajstić information content (AvgIpc) is 3.42. The Bertz CT molecular complexity index is 897. The lowest BCUT2D eigenvalue weighted by atomic mass is 10.2. The minimum atomic E-state index is -0.00484. The average molecular weight is 398 g/mol. The van der Waals surface area contributed by atoms with E-state index in [1.165, 1.54) is 16.9 Å². The highest BCUT2D eigenvalue weighted by atomic mass is 32.1. The zero-order valence-corrected chi connectivity index (χ0v) is 16.7. The van der Waals surface area contributed by atoms with Crippen LogP contribution in [-0.2, 0) is 6.54 Å². The van der Waals surface area contributed by atoms with E-state index in [9.17, 15) is 4.79 Å². The maximum absolute atomic E-state index is 12.8. The largest absolute Gasteiger partial charge is 0.494 e. The minimum absolute atomic E-state index is 0.00484. The van der Waals surface area contributed by atoms with Crippen molar-refractivity contribution < 1.29 is 13.9 Å². The van der Waals surface area contributed by atoms with Gasteiger partial charge in [-0.25, -0.2) is 4.98 Å². The van der Waals surface area contributed by atoms with Crippen molar-refractivity contribution in [1.29, 1.82) is 0 Å². The van der Waals surface area contributed by atoms with Crippen molar-refractivity contribution in [2.75, 3.05) is 32.8 Å². The smallest absolute Gasteiger partial charge is 0.273 e. The molecule has 0 N–H and O–H groups in total. The molecule has 2 aromatic heterocycles. The third kappa shape index (κ3) is 4.26. The molecule has 0 spiro atoms. The van der Waals surface area contributed by atoms with Crippen LogP contribution in [-0.4, -0.2) is 53.5 Å². The van der Waals surface area contributed by atoms with E-state index in [1.54, 1.807) is 6.26 Å². The van der Waals surface area contributed by atoms with Crippen LogP contribution in [0, 0.1) is 0 Å². The van der Waals surface area contributed by atoms with E-state index in [0.29, 0.717) is 31.2 Å². The molecule has 28 heavy (non-hydrogen) atoms. The molecule has 1 aliphatic heterocycles. The van der Waals surface area contributed by atoms with Gasteiger partial charge >= 0.3 is 0 Å². The van der Waals surface area contributed by atoms with E-state index in [2.05, 4.69) is 22.0 Å². The highest BCUT2D eigenvalue weighted by Gasteiger charge is 2.24. The van der Waals surface area contributed by atoms with Crippen molar-refractivity contribution in [2.24, 2.45) is 0 Å². The Morgan fingerprint density at radius 2 is 1.96 bits per heavy atom. The zero-order chi connectivity index (χ0) is 19.3. The van der Waals surface area contributed by atoms with Gasteiger partial charge in [-0.2, -0.15) is 0 Å². The summed E-state index contributed by atoms with van der Waals surface area (Å²) in [6.45, 7) is 6.68. The molecule has 1 fully saturated rings. The van der Waals surface area contributed by atoms with E-state index in [0.717, 1.165) is 30.4 Å². The number of aromatic nitrogens is 1. The third-order valence-electron chi connectivity index (χ3n) is 4.76. The Balaban J connectivity index is 1.30. The molecule has 0 aliphatic carbocycles. The number of rotatable bonds is 6. The summed E-state index contributed by atoms with van der Waals surface area (Å²) in [6, 6.07) is 11.9. The monoisotopic (exact) mass is 397 g/mol. The van der Waals surface area contributed by atoms with Gasteiger partial charge in [0.1, 0.15) is 11.4 Å². The molecule has 3 aromatic rings. The van der Waals surface area contributed by atoms with Crippen LogP contribution in [0.4, 0.5) is 0 Å². The molecule has 3 heterocycles. The zero-order valence-electron chi connectivity index (χ0n) is 15.8. The summed E-state index contributed by atoms with van der Waals surface area (Å²) in [7, 11) is 0. The predicted octanol–water partition coefficient (Wildman–Crippen LogP) is 3.76. The SMILES string of the molecule is CCOc1ccc(CN2CCN(C(=O)c3csc(-c4ccco4)n3)CC2)cc1. The first kappa shape index (κ1) is 18.7. The maximum Gasteiger partial charge on any atom is 0.273 e. The number of benzene rings is 1. The van der Waals surface area contributed by atoms with Gasteiger partial charge in [0.15, 0.2) is 10.8 Å². The molecular formula is C21H23N3O3S. The number of carbonyl (C=O) groups excluding carboxylic acids is 1. The molecule has 0 bridgehead atoms. The fourth-order valence-corrected chi connectivity index (χ4v) is 4.03. The van der Waals surface area contributed by atoms with Gasteiger partial charge in [-0.1, -0.05) is 12.1 Å². The Labute approximate surface area is 168 Å². The van der Waals surface area contributed by atoms with Crippen LogP contribution in [0.25, 0.3) is 10.8 Å². The second kappa shape index (κ2) is 8.58. The number of furan rings is 1. The van der Waals surface area contributed by atoms with Gasteiger partial charge in [-0.3, -0.25) is 9.69 Å².